The Bertz CT molecular complexity index is 1310. The number of aromatic amines is 1. The summed E-state index contributed by atoms with van der Waals surface area (Å²) in [6.45, 7) is 0. The van der Waals surface area contributed by atoms with Crippen LogP contribution < -0.4 is 5.32 Å². The van der Waals surface area contributed by atoms with E-state index in [9.17, 15) is 4.79 Å². The number of hydrogen-bond donors (Lipinski definition) is 2. The van der Waals surface area contributed by atoms with Crippen LogP contribution in [0.4, 0.5) is 0 Å². The number of nitrogens with one attached hydrogen (secondary N) is 2. The van der Waals surface area contributed by atoms with Crippen molar-refractivity contribution in [2.45, 2.75) is 12.5 Å². The molecule has 0 bridgehead atoms. The van der Waals surface area contributed by atoms with Crippen molar-refractivity contribution in [2.75, 3.05) is 0 Å². The average Bonchev–Trinajstić information content (AvgIpc) is 3.48. The molecule has 1 atom stereocenters. The van der Waals surface area contributed by atoms with Gasteiger partial charge in [0.1, 0.15) is 5.01 Å². The number of pyridine rings is 1. The normalized spacial score (nSPS) is 12.0. The Morgan fingerprint density at radius 1 is 1.06 bits per heavy atom. The fourth-order valence-electron chi connectivity index (χ4n) is 3.52. The zero-order chi connectivity index (χ0) is 21.0. The van der Waals surface area contributed by atoms with Gasteiger partial charge in [-0.3, -0.25) is 9.78 Å². The maximum Gasteiger partial charge on any atom is 0.226 e. The van der Waals surface area contributed by atoms with Gasteiger partial charge in [0.25, 0.3) is 0 Å². The van der Waals surface area contributed by atoms with Crippen molar-refractivity contribution in [3.63, 3.8) is 0 Å². The number of hydrogen-bond acceptors (Lipinski definition) is 5. The monoisotopic (exact) mass is 425 g/mol. The van der Waals surface area contributed by atoms with Gasteiger partial charge in [0.15, 0.2) is 0 Å². The van der Waals surface area contributed by atoms with Crippen LogP contribution in [0.25, 0.3) is 21.6 Å². The van der Waals surface area contributed by atoms with E-state index in [2.05, 4.69) is 25.3 Å². The smallest absolute Gasteiger partial charge is 0.226 e. The van der Waals surface area contributed by atoms with E-state index in [1.54, 1.807) is 18.7 Å². The van der Waals surface area contributed by atoms with Gasteiger partial charge in [-0.2, -0.15) is 0 Å². The fourth-order valence-corrected chi connectivity index (χ4v) is 4.33. The van der Waals surface area contributed by atoms with Crippen LogP contribution in [0, 0.1) is 0 Å². The molecule has 0 saturated heterocycles. The van der Waals surface area contributed by atoms with E-state index in [0.29, 0.717) is 0 Å². The number of imidazole rings is 1. The zero-order valence-corrected chi connectivity index (χ0v) is 17.3. The summed E-state index contributed by atoms with van der Waals surface area (Å²) >= 11 is 1.52. The number of nitrogens with zero attached hydrogens (tertiary/aromatic N) is 3. The number of fused-ring (bicyclic) bond motifs is 1. The van der Waals surface area contributed by atoms with Gasteiger partial charge in [0.05, 0.1) is 35.5 Å². The Hall–Kier alpha value is -3.84. The van der Waals surface area contributed by atoms with Gasteiger partial charge >= 0.3 is 0 Å². The standard InChI is InChI=1S/C24H19N5OS/c30-22(12-19-14-31-24(28-19)18-7-4-10-25-13-18)29-23(16-5-2-1-3-6-16)17-8-9-20-21(11-17)27-15-26-20/h1-11,13-15,23H,12H2,(H,26,27)(H,29,30). The first kappa shape index (κ1) is 19.1. The number of aromatic nitrogens is 4. The van der Waals surface area contributed by atoms with Crippen molar-refractivity contribution in [1.82, 2.24) is 25.3 Å². The molecule has 5 rings (SSSR count). The molecular weight excluding hydrogens is 406 g/mol. The minimum Gasteiger partial charge on any atom is -0.345 e. The van der Waals surface area contributed by atoms with Gasteiger partial charge in [-0.1, -0.05) is 36.4 Å². The van der Waals surface area contributed by atoms with E-state index in [0.717, 1.165) is 38.4 Å². The van der Waals surface area contributed by atoms with E-state index >= 15 is 0 Å². The molecule has 1 unspecified atom stereocenters. The molecule has 152 valence electrons. The summed E-state index contributed by atoms with van der Waals surface area (Å²) in [5, 5.41) is 5.97. The van der Waals surface area contributed by atoms with E-state index in [4.69, 9.17) is 0 Å². The number of thiazole rings is 1. The molecule has 0 aliphatic carbocycles. The van der Waals surface area contributed by atoms with Crippen molar-refractivity contribution in [2.24, 2.45) is 0 Å². The largest absolute Gasteiger partial charge is 0.345 e. The first-order valence-electron chi connectivity index (χ1n) is 9.88. The lowest BCUT2D eigenvalue weighted by Gasteiger charge is -2.20. The van der Waals surface area contributed by atoms with Crippen molar-refractivity contribution in [1.29, 1.82) is 0 Å². The Morgan fingerprint density at radius 3 is 2.81 bits per heavy atom. The number of carbonyl (C=O) groups is 1. The highest BCUT2D eigenvalue weighted by Crippen LogP contribution is 2.26. The highest BCUT2D eigenvalue weighted by molar-refractivity contribution is 7.13. The molecule has 0 aliphatic heterocycles. The van der Waals surface area contributed by atoms with Gasteiger partial charge in [-0.05, 0) is 35.4 Å². The molecule has 0 spiro atoms. The van der Waals surface area contributed by atoms with Crippen molar-refractivity contribution in [3.05, 3.63) is 102 Å². The first-order chi connectivity index (χ1) is 15.3. The summed E-state index contributed by atoms with van der Waals surface area (Å²) in [6, 6.07) is 19.5. The summed E-state index contributed by atoms with van der Waals surface area (Å²) in [5.74, 6) is -0.0819. The summed E-state index contributed by atoms with van der Waals surface area (Å²) in [5.41, 5.74) is 5.54. The molecule has 0 radical (unpaired) electrons. The molecule has 0 aliphatic rings. The third-order valence-corrected chi connectivity index (χ3v) is 5.96. The molecule has 2 N–H and O–H groups in total. The molecular formula is C24H19N5OS. The maximum absolute atomic E-state index is 12.9. The lowest BCUT2D eigenvalue weighted by molar-refractivity contribution is -0.121. The predicted molar refractivity (Wildman–Crippen MR) is 122 cm³/mol. The second-order valence-electron chi connectivity index (χ2n) is 7.15. The molecule has 0 fully saturated rings. The maximum atomic E-state index is 12.9. The van der Waals surface area contributed by atoms with Crippen molar-refractivity contribution >= 4 is 28.3 Å². The molecule has 2 aromatic carbocycles. The highest BCUT2D eigenvalue weighted by Gasteiger charge is 2.19. The first-order valence-corrected chi connectivity index (χ1v) is 10.8. The lowest BCUT2D eigenvalue weighted by atomic mass is 9.98. The second-order valence-corrected chi connectivity index (χ2v) is 8.01. The quantitative estimate of drug-likeness (QED) is 0.419. The van der Waals surface area contributed by atoms with Crippen LogP contribution in [0.2, 0.25) is 0 Å². The van der Waals surface area contributed by atoms with E-state index in [-0.39, 0.29) is 18.4 Å². The predicted octanol–water partition coefficient (Wildman–Crippen LogP) is 4.53. The number of benzene rings is 2. The van der Waals surface area contributed by atoms with Crippen LogP contribution >= 0.6 is 11.3 Å². The van der Waals surface area contributed by atoms with E-state index < -0.39 is 0 Å². The summed E-state index contributed by atoms with van der Waals surface area (Å²) < 4.78 is 0. The highest BCUT2D eigenvalue weighted by atomic mass is 32.1. The van der Waals surface area contributed by atoms with Gasteiger partial charge in [-0.15, -0.1) is 11.3 Å². The summed E-state index contributed by atoms with van der Waals surface area (Å²) in [4.78, 5) is 29.1. The summed E-state index contributed by atoms with van der Waals surface area (Å²) in [6.07, 6.45) is 5.40. The third kappa shape index (κ3) is 4.22. The summed E-state index contributed by atoms with van der Waals surface area (Å²) in [7, 11) is 0. The molecule has 31 heavy (non-hydrogen) atoms. The Kier molecular flexibility index (Phi) is 5.24. The van der Waals surface area contributed by atoms with Gasteiger partial charge in [-0.25, -0.2) is 9.97 Å². The Balaban J connectivity index is 1.38. The van der Waals surface area contributed by atoms with Crippen LogP contribution in [-0.2, 0) is 11.2 Å². The van der Waals surface area contributed by atoms with Gasteiger partial charge in [0.2, 0.25) is 5.91 Å². The van der Waals surface area contributed by atoms with Gasteiger partial charge in [0, 0.05) is 23.3 Å². The topological polar surface area (TPSA) is 83.6 Å². The molecule has 0 saturated carbocycles. The Morgan fingerprint density at radius 2 is 1.97 bits per heavy atom. The SMILES string of the molecule is O=C(Cc1csc(-c2cccnc2)n1)NC(c1ccccc1)c1ccc2nc[nH]c2c1. The average molecular weight is 426 g/mol. The Labute approximate surface area is 183 Å². The molecule has 3 heterocycles. The van der Waals surface area contributed by atoms with E-state index in [1.165, 1.54) is 11.3 Å². The van der Waals surface area contributed by atoms with Crippen LogP contribution in [-0.4, -0.2) is 25.8 Å². The lowest BCUT2D eigenvalue weighted by Crippen LogP contribution is -2.30. The fraction of sp³-hybridized carbons (Fsp3) is 0.0833. The van der Waals surface area contributed by atoms with Crippen LogP contribution in [0.5, 0.6) is 0 Å². The van der Waals surface area contributed by atoms with Crippen molar-refractivity contribution in [3.8, 4) is 10.6 Å². The number of rotatable bonds is 6. The van der Waals surface area contributed by atoms with Crippen LogP contribution in [0.1, 0.15) is 22.9 Å². The zero-order valence-electron chi connectivity index (χ0n) is 16.5. The minimum absolute atomic E-state index is 0.0819. The second kappa shape index (κ2) is 8.49. The molecule has 7 heteroatoms. The molecule has 1 amide bonds. The number of H-pyrrole nitrogens is 1. The molecule has 3 aromatic heterocycles. The van der Waals surface area contributed by atoms with Gasteiger partial charge < -0.3 is 10.3 Å². The minimum atomic E-state index is -0.266. The molecule has 6 nitrogen and oxygen atoms in total. The van der Waals surface area contributed by atoms with Crippen molar-refractivity contribution < 1.29 is 4.79 Å². The van der Waals surface area contributed by atoms with E-state index in [1.807, 2.05) is 66.0 Å². The number of carbonyl (C=O) groups excluding carboxylic acids is 1. The van der Waals surface area contributed by atoms with Crippen LogP contribution in [0.15, 0.2) is 84.8 Å². The molecule has 5 aromatic rings. The van der Waals surface area contributed by atoms with Crippen LogP contribution in [0.3, 0.4) is 0 Å². The third-order valence-electron chi connectivity index (χ3n) is 5.02. The number of amides is 1.